The Morgan fingerprint density at radius 3 is 2.11 bits per heavy atom. The molecule has 216 valence electrons. The van der Waals surface area contributed by atoms with E-state index in [1.54, 1.807) is 0 Å². The minimum Gasteiger partial charge on any atom is -0.310 e. The average Bonchev–Trinajstić information content (AvgIpc) is 3.36. The first-order valence-electron chi connectivity index (χ1n) is 16.3. The maximum Gasteiger partial charge on any atom is 0.0541 e. The maximum absolute atomic E-state index is 5.57. The van der Waals surface area contributed by atoms with Crippen LogP contribution in [0, 0.1) is 6.92 Å². The lowest BCUT2D eigenvalue weighted by molar-refractivity contribution is 0.822. The SMILES string of the molecule is Cc1cccc2c(C3C=Cc4c(c5cc6c(cc5n4-c4ccccc4)CC6)C3S)c3ccccc3c(-c3ccc4c(c3)CC4)c12. The van der Waals surface area contributed by atoms with Gasteiger partial charge in [-0.15, -0.1) is 0 Å². The highest BCUT2D eigenvalue weighted by Gasteiger charge is 2.34. The highest BCUT2D eigenvalue weighted by atomic mass is 32.1. The predicted molar refractivity (Wildman–Crippen MR) is 193 cm³/mol. The first kappa shape index (κ1) is 25.8. The van der Waals surface area contributed by atoms with Crippen molar-refractivity contribution in [2.75, 3.05) is 0 Å². The number of aromatic nitrogens is 1. The van der Waals surface area contributed by atoms with Gasteiger partial charge in [0.05, 0.1) is 11.2 Å². The zero-order valence-electron chi connectivity index (χ0n) is 25.3. The summed E-state index contributed by atoms with van der Waals surface area (Å²) in [5, 5.41) is 6.76. The Kier molecular flexibility index (Phi) is 5.43. The highest BCUT2D eigenvalue weighted by molar-refractivity contribution is 7.80. The number of allylic oxidation sites excluding steroid dienone is 1. The van der Waals surface area contributed by atoms with E-state index in [0.29, 0.717) is 0 Å². The second-order valence-electron chi connectivity index (χ2n) is 13.3. The molecule has 0 spiro atoms. The molecule has 2 atom stereocenters. The molecule has 0 amide bonds. The molecule has 3 aliphatic carbocycles. The van der Waals surface area contributed by atoms with Crippen molar-refractivity contribution in [1.82, 2.24) is 4.57 Å². The summed E-state index contributed by atoms with van der Waals surface area (Å²) in [6.07, 6.45) is 9.56. The molecular weight excluding hydrogens is 563 g/mol. The maximum atomic E-state index is 5.57. The normalized spacial score (nSPS) is 18.0. The quantitative estimate of drug-likeness (QED) is 0.153. The van der Waals surface area contributed by atoms with Gasteiger partial charge in [-0.2, -0.15) is 12.6 Å². The van der Waals surface area contributed by atoms with Crippen molar-refractivity contribution in [3.8, 4) is 16.8 Å². The number of hydrogen-bond acceptors (Lipinski definition) is 1. The van der Waals surface area contributed by atoms with Gasteiger partial charge in [0.1, 0.15) is 0 Å². The van der Waals surface area contributed by atoms with Crippen LogP contribution in [0.2, 0.25) is 0 Å². The molecule has 1 heterocycles. The fraction of sp³-hybridized carbons (Fsp3) is 0.163. The van der Waals surface area contributed by atoms with E-state index < -0.39 is 0 Å². The van der Waals surface area contributed by atoms with Crippen LogP contribution in [0.5, 0.6) is 0 Å². The summed E-state index contributed by atoms with van der Waals surface area (Å²) in [7, 11) is 0. The van der Waals surface area contributed by atoms with Crippen LogP contribution in [0.15, 0.2) is 109 Å². The van der Waals surface area contributed by atoms with Gasteiger partial charge in [-0.3, -0.25) is 0 Å². The summed E-state index contributed by atoms with van der Waals surface area (Å²) in [5.74, 6) is 0.127. The van der Waals surface area contributed by atoms with Gasteiger partial charge in [0.2, 0.25) is 0 Å². The molecule has 0 saturated heterocycles. The molecule has 0 bridgehead atoms. The smallest absolute Gasteiger partial charge is 0.0541 e. The molecule has 1 aromatic heterocycles. The molecule has 0 fully saturated rings. The standard InChI is InChI=1S/C43H33NS/c1-25-8-7-13-34-39(25)40(30-19-15-26-14-16-27(26)22-30)32-11-5-6-12-33(32)41(34)35-20-21-37-42(43(35)45)36-23-28-17-18-29(28)24-38(36)44(37)31-9-3-2-4-10-31/h2-13,15,19-24,35,43,45H,14,16-18H2,1H3. The Labute approximate surface area is 269 Å². The molecule has 0 radical (unpaired) electrons. The number of fused-ring (bicyclic) bond motifs is 7. The summed E-state index contributed by atoms with van der Waals surface area (Å²) in [4.78, 5) is 0. The molecule has 10 rings (SSSR count). The Balaban J connectivity index is 1.25. The molecule has 0 N–H and O–H groups in total. The van der Waals surface area contributed by atoms with Crippen molar-refractivity contribution in [2.45, 2.75) is 43.8 Å². The van der Waals surface area contributed by atoms with E-state index in [2.05, 4.69) is 127 Å². The minimum absolute atomic E-state index is 0.0186. The Hall–Kier alpha value is -4.53. The summed E-state index contributed by atoms with van der Waals surface area (Å²) < 4.78 is 2.47. The predicted octanol–water partition coefficient (Wildman–Crippen LogP) is 10.9. The first-order chi connectivity index (χ1) is 22.2. The third-order valence-electron chi connectivity index (χ3n) is 10.9. The second kappa shape index (κ2) is 9.49. The Bertz CT molecular complexity index is 2410. The van der Waals surface area contributed by atoms with Crippen LogP contribution in [-0.2, 0) is 25.7 Å². The number of rotatable bonds is 3. The van der Waals surface area contributed by atoms with Gasteiger partial charge < -0.3 is 4.57 Å². The largest absolute Gasteiger partial charge is 0.310 e. The lowest BCUT2D eigenvalue weighted by atomic mass is 9.77. The Morgan fingerprint density at radius 2 is 1.33 bits per heavy atom. The number of thiol groups is 1. The number of aryl methyl sites for hydroxylation is 5. The van der Waals surface area contributed by atoms with Gasteiger partial charge in [-0.1, -0.05) is 84.9 Å². The van der Waals surface area contributed by atoms with Crippen LogP contribution >= 0.6 is 12.6 Å². The van der Waals surface area contributed by atoms with E-state index in [-0.39, 0.29) is 11.2 Å². The molecule has 2 unspecified atom stereocenters. The first-order valence-corrected chi connectivity index (χ1v) is 16.9. The van der Waals surface area contributed by atoms with Gasteiger partial charge >= 0.3 is 0 Å². The second-order valence-corrected chi connectivity index (χ2v) is 13.8. The molecule has 0 aliphatic heterocycles. The van der Waals surface area contributed by atoms with Crippen molar-refractivity contribution < 1.29 is 0 Å². The molecule has 45 heavy (non-hydrogen) atoms. The fourth-order valence-corrected chi connectivity index (χ4v) is 9.06. The summed E-state index contributed by atoms with van der Waals surface area (Å²) in [6, 6.07) is 38.9. The third kappa shape index (κ3) is 3.58. The van der Waals surface area contributed by atoms with Crippen LogP contribution in [0.3, 0.4) is 0 Å². The highest BCUT2D eigenvalue weighted by Crippen LogP contribution is 2.53. The van der Waals surface area contributed by atoms with Crippen LogP contribution < -0.4 is 0 Å². The average molecular weight is 596 g/mol. The molecule has 1 nitrogen and oxygen atoms in total. The van der Waals surface area contributed by atoms with Gasteiger partial charge in [0.15, 0.2) is 0 Å². The molecule has 7 aromatic rings. The van der Waals surface area contributed by atoms with Crippen LogP contribution in [-0.4, -0.2) is 4.57 Å². The van der Waals surface area contributed by atoms with E-state index >= 15 is 0 Å². The van der Waals surface area contributed by atoms with Gasteiger partial charge in [-0.25, -0.2) is 0 Å². The summed E-state index contributed by atoms with van der Waals surface area (Å²) >= 11 is 5.57. The minimum atomic E-state index is 0.0186. The lowest BCUT2D eigenvalue weighted by Crippen LogP contribution is -2.12. The molecule has 0 saturated carbocycles. The van der Waals surface area contributed by atoms with Gasteiger partial charge in [0, 0.05) is 22.2 Å². The van der Waals surface area contributed by atoms with E-state index in [0.717, 1.165) is 0 Å². The van der Waals surface area contributed by atoms with Crippen molar-refractivity contribution in [3.05, 3.63) is 154 Å². The van der Waals surface area contributed by atoms with Crippen molar-refractivity contribution in [2.24, 2.45) is 0 Å². The van der Waals surface area contributed by atoms with Crippen molar-refractivity contribution in [1.29, 1.82) is 0 Å². The number of hydrogen-bond donors (Lipinski definition) is 1. The van der Waals surface area contributed by atoms with E-state index in [9.17, 15) is 0 Å². The molecular formula is C43H33NS. The molecule has 6 aromatic carbocycles. The van der Waals surface area contributed by atoms with E-state index in [4.69, 9.17) is 12.6 Å². The zero-order valence-corrected chi connectivity index (χ0v) is 26.2. The molecule has 2 heteroatoms. The monoisotopic (exact) mass is 595 g/mol. The van der Waals surface area contributed by atoms with Crippen LogP contribution in [0.25, 0.3) is 55.3 Å². The van der Waals surface area contributed by atoms with Crippen LogP contribution in [0.4, 0.5) is 0 Å². The lowest BCUT2D eigenvalue weighted by Gasteiger charge is -2.30. The van der Waals surface area contributed by atoms with Gasteiger partial charge in [0.25, 0.3) is 0 Å². The summed E-state index contributed by atoms with van der Waals surface area (Å²) in [6.45, 7) is 2.28. The van der Waals surface area contributed by atoms with Gasteiger partial charge in [-0.05, 0) is 135 Å². The Morgan fingerprint density at radius 1 is 0.622 bits per heavy atom. The van der Waals surface area contributed by atoms with Crippen molar-refractivity contribution in [3.63, 3.8) is 0 Å². The van der Waals surface area contributed by atoms with E-state index in [1.807, 2.05) is 0 Å². The fourth-order valence-electron chi connectivity index (χ4n) is 8.54. The van der Waals surface area contributed by atoms with Crippen molar-refractivity contribution >= 4 is 51.2 Å². The molecule has 3 aliphatic rings. The number of para-hydroxylation sites is 1. The number of nitrogens with zero attached hydrogens (tertiary/aromatic N) is 1. The number of benzene rings is 6. The zero-order chi connectivity index (χ0) is 29.8. The third-order valence-corrected chi connectivity index (χ3v) is 11.5. The van der Waals surface area contributed by atoms with Crippen LogP contribution in [0.1, 0.15) is 55.8 Å². The topological polar surface area (TPSA) is 4.93 Å². The van der Waals surface area contributed by atoms with E-state index in [1.165, 1.54) is 120 Å². The summed E-state index contributed by atoms with van der Waals surface area (Å²) in [5.41, 5.74) is 16.6.